The van der Waals surface area contributed by atoms with Crippen molar-refractivity contribution in [2.75, 3.05) is 11.8 Å². The third kappa shape index (κ3) is 3.86. The average molecular weight is 451 g/mol. The summed E-state index contributed by atoms with van der Waals surface area (Å²) in [6, 6.07) is 10.2. The Morgan fingerprint density at radius 2 is 1.85 bits per heavy atom. The van der Waals surface area contributed by atoms with Crippen molar-refractivity contribution in [2.24, 2.45) is 0 Å². The molecule has 6 nitrogen and oxygen atoms in total. The number of nitrogens with one attached hydrogen (secondary N) is 1. The highest BCUT2D eigenvalue weighted by molar-refractivity contribution is 9.10. The lowest BCUT2D eigenvalue weighted by Crippen LogP contribution is -2.14. The van der Waals surface area contributed by atoms with E-state index in [1.807, 2.05) is 32.9 Å². The SMILES string of the molecule is COc1ccc(-c2onc(C)c2C)cc1S(=O)(=O)Nc1ccc(C)cc1Br. The highest BCUT2D eigenvalue weighted by Crippen LogP contribution is 2.34. The molecule has 27 heavy (non-hydrogen) atoms. The second kappa shape index (κ2) is 7.36. The fourth-order valence-corrected chi connectivity index (χ4v) is 4.61. The lowest BCUT2D eigenvalue weighted by Gasteiger charge is -2.14. The average Bonchev–Trinajstić information content (AvgIpc) is 2.96. The lowest BCUT2D eigenvalue weighted by atomic mass is 10.1. The predicted octanol–water partition coefficient (Wildman–Crippen LogP) is 4.84. The molecule has 1 heterocycles. The molecule has 1 N–H and O–H groups in total. The number of sulfonamides is 1. The number of halogens is 1. The van der Waals surface area contributed by atoms with E-state index in [2.05, 4.69) is 25.8 Å². The number of nitrogens with zero attached hydrogens (tertiary/aromatic N) is 1. The first-order valence-electron chi connectivity index (χ1n) is 8.13. The van der Waals surface area contributed by atoms with Gasteiger partial charge in [-0.15, -0.1) is 0 Å². The minimum Gasteiger partial charge on any atom is -0.495 e. The van der Waals surface area contributed by atoms with Gasteiger partial charge in [0.1, 0.15) is 10.6 Å². The minimum absolute atomic E-state index is 0.0171. The number of methoxy groups -OCH3 is 1. The van der Waals surface area contributed by atoms with Crippen molar-refractivity contribution in [3.05, 3.63) is 57.7 Å². The Hall–Kier alpha value is -2.32. The topological polar surface area (TPSA) is 81.4 Å². The number of ether oxygens (including phenoxy) is 1. The van der Waals surface area contributed by atoms with Gasteiger partial charge in [-0.05, 0) is 72.6 Å². The summed E-state index contributed by atoms with van der Waals surface area (Å²) in [6.07, 6.45) is 0. The van der Waals surface area contributed by atoms with Gasteiger partial charge in [0.2, 0.25) is 0 Å². The fourth-order valence-electron chi connectivity index (χ4n) is 2.62. The van der Waals surface area contributed by atoms with E-state index in [9.17, 15) is 8.42 Å². The van der Waals surface area contributed by atoms with E-state index in [0.717, 1.165) is 16.8 Å². The zero-order chi connectivity index (χ0) is 19.8. The number of hydrogen-bond donors (Lipinski definition) is 1. The van der Waals surface area contributed by atoms with Gasteiger partial charge >= 0.3 is 0 Å². The van der Waals surface area contributed by atoms with Crippen molar-refractivity contribution >= 4 is 31.6 Å². The molecule has 1 aromatic heterocycles. The maximum atomic E-state index is 13.0. The number of benzene rings is 2. The highest BCUT2D eigenvalue weighted by Gasteiger charge is 2.23. The summed E-state index contributed by atoms with van der Waals surface area (Å²) in [5.74, 6) is 0.770. The summed E-state index contributed by atoms with van der Waals surface area (Å²) < 4.78 is 40.0. The second-order valence-electron chi connectivity index (χ2n) is 6.18. The number of anilines is 1. The summed E-state index contributed by atoms with van der Waals surface area (Å²) in [4.78, 5) is 0.0171. The Balaban J connectivity index is 2.08. The van der Waals surface area contributed by atoms with Gasteiger partial charge in [-0.1, -0.05) is 11.2 Å². The Bertz CT molecular complexity index is 1110. The van der Waals surface area contributed by atoms with E-state index in [-0.39, 0.29) is 10.6 Å². The van der Waals surface area contributed by atoms with Crippen molar-refractivity contribution in [1.29, 1.82) is 0 Å². The Kier molecular flexibility index (Phi) is 5.30. The summed E-state index contributed by atoms with van der Waals surface area (Å²) in [6.45, 7) is 5.64. The number of aryl methyl sites for hydroxylation is 2. The van der Waals surface area contributed by atoms with Crippen LogP contribution in [0.25, 0.3) is 11.3 Å². The molecule has 8 heteroatoms. The molecular weight excluding hydrogens is 432 g/mol. The monoisotopic (exact) mass is 450 g/mol. The summed E-state index contributed by atoms with van der Waals surface area (Å²) >= 11 is 3.39. The maximum Gasteiger partial charge on any atom is 0.265 e. The molecule has 0 saturated carbocycles. The molecule has 3 rings (SSSR count). The Morgan fingerprint density at radius 3 is 2.44 bits per heavy atom. The molecule has 0 spiro atoms. The van der Waals surface area contributed by atoms with E-state index in [1.54, 1.807) is 18.2 Å². The third-order valence-corrected chi connectivity index (χ3v) is 6.28. The standard InChI is InChI=1S/C19H19BrN2O4S/c1-11-5-7-16(15(20)9-11)22-27(23,24)18-10-14(6-8-17(18)25-4)19-12(2)13(3)21-26-19/h5-10,22H,1-4H3. The van der Waals surface area contributed by atoms with Gasteiger partial charge < -0.3 is 9.26 Å². The molecule has 0 fully saturated rings. The molecule has 0 unspecified atom stereocenters. The second-order valence-corrected chi connectivity index (χ2v) is 8.68. The van der Waals surface area contributed by atoms with Crippen LogP contribution in [0.1, 0.15) is 16.8 Å². The first-order chi connectivity index (χ1) is 12.7. The van der Waals surface area contributed by atoms with Gasteiger partial charge in [-0.2, -0.15) is 0 Å². The van der Waals surface area contributed by atoms with Crippen molar-refractivity contribution < 1.29 is 17.7 Å². The van der Waals surface area contributed by atoms with Gasteiger partial charge in [0.05, 0.1) is 18.5 Å². The van der Waals surface area contributed by atoms with E-state index < -0.39 is 10.0 Å². The zero-order valence-corrected chi connectivity index (χ0v) is 17.7. The molecule has 0 atom stereocenters. The molecule has 3 aromatic rings. The van der Waals surface area contributed by atoms with Gasteiger partial charge in [-0.3, -0.25) is 4.72 Å². The molecule has 0 amide bonds. The number of hydrogen-bond acceptors (Lipinski definition) is 5. The van der Waals surface area contributed by atoms with Crippen molar-refractivity contribution in [3.63, 3.8) is 0 Å². The molecule has 2 aromatic carbocycles. The lowest BCUT2D eigenvalue weighted by molar-refractivity contribution is 0.402. The van der Waals surface area contributed by atoms with E-state index in [1.165, 1.54) is 13.2 Å². The molecule has 0 aliphatic rings. The molecule has 0 aliphatic heterocycles. The van der Waals surface area contributed by atoms with E-state index in [0.29, 0.717) is 21.5 Å². The van der Waals surface area contributed by atoms with Crippen LogP contribution in [0.3, 0.4) is 0 Å². The zero-order valence-electron chi connectivity index (χ0n) is 15.3. The van der Waals surface area contributed by atoms with Crippen LogP contribution in [0.2, 0.25) is 0 Å². The van der Waals surface area contributed by atoms with Crippen LogP contribution in [0.15, 0.2) is 50.3 Å². The van der Waals surface area contributed by atoms with Crippen LogP contribution in [-0.2, 0) is 10.0 Å². The maximum absolute atomic E-state index is 13.0. The number of aromatic nitrogens is 1. The Labute approximate surface area is 166 Å². The van der Waals surface area contributed by atoms with Crippen molar-refractivity contribution in [2.45, 2.75) is 25.7 Å². The van der Waals surface area contributed by atoms with Crippen molar-refractivity contribution in [3.8, 4) is 17.1 Å². The van der Waals surface area contributed by atoms with Gasteiger partial charge in [0, 0.05) is 15.6 Å². The molecule has 142 valence electrons. The minimum atomic E-state index is -3.90. The number of rotatable bonds is 5. The molecule has 0 radical (unpaired) electrons. The first-order valence-corrected chi connectivity index (χ1v) is 10.4. The van der Waals surface area contributed by atoms with Gasteiger partial charge in [0.25, 0.3) is 10.0 Å². The van der Waals surface area contributed by atoms with Crippen LogP contribution in [0, 0.1) is 20.8 Å². The smallest absolute Gasteiger partial charge is 0.265 e. The largest absolute Gasteiger partial charge is 0.495 e. The van der Waals surface area contributed by atoms with Crippen LogP contribution < -0.4 is 9.46 Å². The van der Waals surface area contributed by atoms with Crippen molar-refractivity contribution in [1.82, 2.24) is 5.16 Å². The van der Waals surface area contributed by atoms with Gasteiger partial charge in [-0.25, -0.2) is 8.42 Å². The summed E-state index contributed by atoms with van der Waals surface area (Å²) in [5.41, 5.74) is 3.68. The van der Waals surface area contributed by atoms with E-state index in [4.69, 9.17) is 9.26 Å². The first kappa shape index (κ1) is 19.4. The summed E-state index contributed by atoms with van der Waals surface area (Å²) in [7, 11) is -2.46. The molecule has 0 bridgehead atoms. The fraction of sp³-hybridized carbons (Fsp3) is 0.211. The molecule has 0 aliphatic carbocycles. The third-order valence-electron chi connectivity index (χ3n) is 4.24. The summed E-state index contributed by atoms with van der Waals surface area (Å²) in [5, 5.41) is 3.94. The van der Waals surface area contributed by atoms with Crippen LogP contribution in [0.4, 0.5) is 5.69 Å². The predicted molar refractivity (Wildman–Crippen MR) is 108 cm³/mol. The van der Waals surface area contributed by atoms with Crippen LogP contribution in [0.5, 0.6) is 5.75 Å². The highest BCUT2D eigenvalue weighted by atomic mass is 79.9. The normalized spacial score (nSPS) is 11.4. The molecule has 0 saturated heterocycles. The van der Waals surface area contributed by atoms with Gasteiger partial charge in [0.15, 0.2) is 5.76 Å². The molecular formula is C19H19BrN2O4S. The van der Waals surface area contributed by atoms with Crippen LogP contribution >= 0.6 is 15.9 Å². The van der Waals surface area contributed by atoms with E-state index >= 15 is 0 Å². The van der Waals surface area contributed by atoms with Crippen LogP contribution in [-0.4, -0.2) is 20.7 Å². The quantitative estimate of drug-likeness (QED) is 0.601. The Morgan fingerprint density at radius 1 is 1.11 bits per heavy atom.